The van der Waals surface area contributed by atoms with Crippen molar-refractivity contribution in [1.29, 1.82) is 0 Å². The Bertz CT molecular complexity index is 247. The summed E-state index contributed by atoms with van der Waals surface area (Å²) in [5, 5.41) is 9.45. The molecular weight excluding hydrogens is 212 g/mol. The van der Waals surface area contributed by atoms with Gasteiger partial charge in [-0.15, -0.1) is 0 Å². The third-order valence-electron chi connectivity index (χ3n) is 2.16. The first-order valence-electron chi connectivity index (χ1n) is 5.27. The molecule has 0 aromatic rings. The summed E-state index contributed by atoms with van der Waals surface area (Å²) in [7, 11) is 1.23. The third kappa shape index (κ3) is 4.18. The van der Waals surface area contributed by atoms with Gasteiger partial charge in [0.05, 0.1) is 7.11 Å². The van der Waals surface area contributed by atoms with Crippen LogP contribution in [0, 0.1) is 11.8 Å². The number of esters is 2. The number of methoxy groups -OCH3 is 1. The molecule has 16 heavy (non-hydrogen) atoms. The Balaban J connectivity index is 4.53. The van der Waals surface area contributed by atoms with Crippen molar-refractivity contribution in [3.05, 3.63) is 0 Å². The predicted molar refractivity (Wildman–Crippen MR) is 57.6 cm³/mol. The molecule has 0 bridgehead atoms. The number of aliphatic hydroxyl groups excluding tert-OH is 1. The van der Waals surface area contributed by atoms with E-state index in [2.05, 4.69) is 4.74 Å². The second-order valence-corrected chi connectivity index (χ2v) is 4.31. The molecule has 0 saturated heterocycles. The fourth-order valence-corrected chi connectivity index (χ4v) is 1.04. The molecule has 0 aromatic carbocycles. The molecule has 0 amide bonds. The van der Waals surface area contributed by atoms with Crippen molar-refractivity contribution in [2.24, 2.45) is 11.8 Å². The smallest absolute Gasteiger partial charge is 0.347 e. The van der Waals surface area contributed by atoms with Gasteiger partial charge in [-0.05, 0) is 5.92 Å². The van der Waals surface area contributed by atoms with Gasteiger partial charge in [0.15, 0.2) is 6.10 Å². The fourth-order valence-electron chi connectivity index (χ4n) is 1.04. The average molecular weight is 232 g/mol. The van der Waals surface area contributed by atoms with Crippen LogP contribution in [0.1, 0.15) is 27.7 Å². The Hall–Kier alpha value is -1.10. The summed E-state index contributed by atoms with van der Waals surface area (Å²) >= 11 is 0. The van der Waals surface area contributed by atoms with Crippen molar-refractivity contribution in [3.8, 4) is 0 Å². The number of ether oxygens (including phenoxy) is 2. The molecule has 0 rings (SSSR count). The predicted octanol–water partition coefficient (Wildman–Crippen LogP) is 0.744. The molecule has 1 N–H and O–H groups in total. The highest BCUT2D eigenvalue weighted by Crippen LogP contribution is 2.12. The van der Waals surface area contributed by atoms with Gasteiger partial charge in [0.1, 0.15) is 0 Å². The van der Waals surface area contributed by atoms with Crippen molar-refractivity contribution >= 4 is 11.9 Å². The molecule has 0 fully saturated rings. The Labute approximate surface area is 95.7 Å². The van der Waals surface area contributed by atoms with Gasteiger partial charge in [0.25, 0.3) is 0 Å². The van der Waals surface area contributed by atoms with Crippen LogP contribution in [0.25, 0.3) is 0 Å². The Kier molecular flexibility index (Phi) is 6.03. The molecule has 0 spiro atoms. The molecule has 0 aliphatic heterocycles. The average Bonchev–Trinajstić information content (AvgIpc) is 2.22. The first-order chi connectivity index (χ1) is 7.31. The maximum Gasteiger partial charge on any atom is 0.347 e. The van der Waals surface area contributed by atoms with Gasteiger partial charge in [-0.1, -0.05) is 27.7 Å². The van der Waals surface area contributed by atoms with Crippen LogP contribution < -0.4 is 0 Å². The SMILES string of the molecule is COC(=O)[C@@H](OC(=O)[C@@H](O)C(C)C)C(C)C. The fraction of sp³-hybridized carbons (Fsp3) is 0.818. The molecule has 5 nitrogen and oxygen atoms in total. The molecule has 0 unspecified atom stereocenters. The lowest BCUT2D eigenvalue weighted by atomic mass is 10.1. The second-order valence-electron chi connectivity index (χ2n) is 4.31. The van der Waals surface area contributed by atoms with Gasteiger partial charge in [0, 0.05) is 5.92 Å². The van der Waals surface area contributed by atoms with Crippen molar-refractivity contribution in [3.63, 3.8) is 0 Å². The summed E-state index contributed by atoms with van der Waals surface area (Å²) in [6.45, 7) is 6.84. The second kappa shape index (κ2) is 6.48. The number of carbonyl (C=O) groups excluding carboxylic acids is 2. The van der Waals surface area contributed by atoms with Crippen LogP contribution >= 0.6 is 0 Å². The molecular formula is C11H20O5. The Morgan fingerprint density at radius 2 is 1.50 bits per heavy atom. The number of hydrogen-bond donors (Lipinski definition) is 1. The lowest BCUT2D eigenvalue weighted by molar-refractivity contribution is -0.176. The molecule has 0 aliphatic carbocycles. The maximum absolute atomic E-state index is 11.4. The van der Waals surface area contributed by atoms with Gasteiger partial charge in [0.2, 0.25) is 6.10 Å². The van der Waals surface area contributed by atoms with Crippen molar-refractivity contribution < 1.29 is 24.2 Å². The van der Waals surface area contributed by atoms with Crippen molar-refractivity contribution in [1.82, 2.24) is 0 Å². The van der Waals surface area contributed by atoms with E-state index in [0.717, 1.165) is 0 Å². The topological polar surface area (TPSA) is 72.8 Å². The summed E-state index contributed by atoms with van der Waals surface area (Å²) in [6.07, 6.45) is -2.18. The minimum Gasteiger partial charge on any atom is -0.466 e. The summed E-state index contributed by atoms with van der Waals surface area (Å²) in [6, 6.07) is 0. The van der Waals surface area contributed by atoms with Gasteiger partial charge >= 0.3 is 11.9 Å². The van der Waals surface area contributed by atoms with Crippen LogP contribution in [-0.2, 0) is 19.1 Å². The van der Waals surface area contributed by atoms with E-state index in [1.807, 2.05) is 0 Å². The highest BCUT2D eigenvalue weighted by Gasteiger charge is 2.30. The molecule has 0 aliphatic rings. The molecule has 0 radical (unpaired) electrons. The van der Waals surface area contributed by atoms with Gasteiger partial charge in [-0.3, -0.25) is 0 Å². The lowest BCUT2D eigenvalue weighted by Gasteiger charge is -2.21. The first kappa shape index (κ1) is 14.9. The number of rotatable bonds is 5. The molecule has 0 heterocycles. The molecule has 5 heteroatoms. The van der Waals surface area contributed by atoms with E-state index in [1.165, 1.54) is 7.11 Å². The monoisotopic (exact) mass is 232 g/mol. The first-order valence-corrected chi connectivity index (χ1v) is 5.27. The van der Waals surface area contributed by atoms with E-state index in [-0.39, 0.29) is 11.8 Å². The summed E-state index contributed by atoms with van der Waals surface area (Å²) < 4.78 is 9.44. The van der Waals surface area contributed by atoms with Crippen LogP contribution in [-0.4, -0.2) is 36.4 Å². The van der Waals surface area contributed by atoms with Gasteiger partial charge in [-0.2, -0.15) is 0 Å². The highest BCUT2D eigenvalue weighted by molar-refractivity contribution is 5.81. The van der Waals surface area contributed by atoms with E-state index < -0.39 is 24.1 Å². The van der Waals surface area contributed by atoms with E-state index >= 15 is 0 Å². The summed E-state index contributed by atoms with van der Waals surface area (Å²) in [4.78, 5) is 22.7. The quantitative estimate of drug-likeness (QED) is 0.708. The van der Waals surface area contributed by atoms with Crippen LogP contribution in [0.4, 0.5) is 0 Å². The lowest BCUT2D eigenvalue weighted by Crippen LogP contribution is -2.38. The molecule has 0 aromatic heterocycles. The van der Waals surface area contributed by atoms with Crippen LogP contribution in [0.15, 0.2) is 0 Å². The van der Waals surface area contributed by atoms with Crippen LogP contribution in [0.2, 0.25) is 0 Å². The van der Waals surface area contributed by atoms with Gasteiger partial charge < -0.3 is 14.6 Å². The molecule has 2 atom stereocenters. The largest absolute Gasteiger partial charge is 0.466 e. The van der Waals surface area contributed by atoms with E-state index in [0.29, 0.717) is 0 Å². The number of hydrogen-bond acceptors (Lipinski definition) is 5. The zero-order chi connectivity index (χ0) is 12.9. The van der Waals surface area contributed by atoms with E-state index in [1.54, 1.807) is 27.7 Å². The number of carbonyl (C=O) groups is 2. The van der Waals surface area contributed by atoms with E-state index in [9.17, 15) is 14.7 Å². The molecule has 94 valence electrons. The van der Waals surface area contributed by atoms with Crippen LogP contribution in [0.5, 0.6) is 0 Å². The minimum atomic E-state index is -1.22. The summed E-state index contributed by atoms with van der Waals surface area (Å²) in [5.74, 6) is -1.85. The normalized spacial score (nSPS) is 14.8. The standard InChI is InChI=1S/C11H20O5/c1-6(2)8(12)10(13)16-9(7(3)4)11(14)15-5/h6-9,12H,1-5H3/t8-,9-/m0/s1. The maximum atomic E-state index is 11.4. The molecule has 0 saturated carbocycles. The zero-order valence-corrected chi connectivity index (χ0v) is 10.4. The van der Waals surface area contributed by atoms with Crippen LogP contribution in [0.3, 0.4) is 0 Å². The van der Waals surface area contributed by atoms with Crippen molar-refractivity contribution in [2.45, 2.75) is 39.9 Å². The van der Waals surface area contributed by atoms with E-state index in [4.69, 9.17) is 4.74 Å². The third-order valence-corrected chi connectivity index (χ3v) is 2.16. The minimum absolute atomic E-state index is 0.198. The van der Waals surface area contributed by atoms with Crippen molar-refractivity contribution in [2.75, 3.05) is 7.11 Å². The Morgan fingerprint density at radius 3 is 1.81 bits per heavy atom. The number of aliphatic hydroxyl groups is 1. The zero-order valence-electron chi connectivity index (χ0n) is 10.4. The van der Waals surface area contributed by atoms with Gasteiger partial charge in [-0.25, -0.2) is 9.59 Å². The summed E-state index contributed by atoms with van der Waals surface area (Å²) in [5.41, 5.74) is 0. The Morgan fingerprint density at radius 1 is 1.00 bits per heavy atom. The highest BCUT2D eigenvalue weighted by atomic mass is 16.6.